The molecule has 0 amide bonds. The summed E-state index contributed by atoms with van der Waals surface area (Å²) in [5, 5.41) is 4.94. The van der Waals surface area contributed by atoms with Gasteiger partial charge in [0.05, 0.1) is 0 Å². The smallest absolute Gasteiger partial charge is 0.00801 e. The summed E-state index contributed by atoms with van der Waals surface area (Å²) in [6.45, 7) is 4.62. The van der Waals surface area contributed by atoms with E-state index in [2.05, 4.69) is 37.2 Å². The number of nitrogens with one attached hydrogen (secondary N) is 1. The molecule has 0 bridgehead atoms. The fourth-order valence-corrected chi connectivity index (χ4v) is 4.26. The summed E-state index contributed by atoms with van der Waals surface area (Å²) in [7, 11) is 0. The van der Waals surface area contributed by atoms with Crippen molar-refractivity contribution < 1.29 is 0 Å². The Morgan fingerprint density at radius 3 is 2.20 bits per heavy atom. The summed E-state index contributed by atoms with van der Waals surface area (Å²) in [4.78, 5) is 0. The van der Waals surface area contributed by atoms with Crippen LogP contribution in [0.1, 0.15) is 90.9 Å². The molecule has 1 saturated carbocycles. The maximum absolute atomic E-state index is 4.02. The van der Waals surface area contributed by atoms with E-state index in [-0.39, 0.29) is 0 Å². The number of thioether (sulfide) groups is 1. The zero-order valence-corrected chi connectivity index (χ0v) is 14.9. The van der Waals surface area contributed by atoms with E-state index in [4.69, 9.17) is 0 Å². The van der Waals surface area contributed by atoms with Crippen molar-refractivity contribution in [1.29, 1.82) is 0 Å². The molecule has 2 atom stereocenters. The molecule has 20 heavy (non-hydrogen) atoms. The summed E-state index contributed by atoms with van der Waals surface area (Å²) in [6.07, 6.45) is 19.1. The Hall–Kier alpha value is 0.310. The van der Waals surface area contributed by atoms with E-state index in [1.165, 1.54) is 77.0 Å². The van der Waals surface area contributed by atoms with E-state index in [0.29, 0.717) is 0 Å². The SMILES string of the molecule is CCCCCC(CCCCC)NC1CCCC(SC)C1. The predicted octanol–water partition coefficient (Wildman–Crippen LogP) is 5.78. The molecule has 1 rings (SSSR count). The van der Waals surface area contributed by atoms with E-state index >= 15 is 0 Å². The third-order valence-electron chi connectivity index (χ3n) is 4.74. The molecule has 1 aliphatic rings. The van der Waals surface area contributed by atoms with E-state index in [0.717, 1.165) is 17.3 Å². The lowest BCUT2D eigenvalue weighted by molar-refractivity contribution is 0.313. The van der Waals surface area contributed by atoms with Gasteiger partial charge >= 0.3 is 0 Å². The zero-order valence-electron chi connectivity index (χ0n) is 14.1. The lowest BCUT2D eigenvalue weighted by Crippen LogP contribution is -2.41. The van der Waals surface area contributed by atoms with Crippen LogP contribution >= 0.6 is 11.8 Å². The van der Waals surface area contributed by atoms with Gasteiger partial charge < -0.3 is 5.32 Å². The van der Waals surface area contributed by atoms with Crippen LogP contribution in [0.2, 0.25) is 0 Å². The molecule has 1 nitrogen and oxygen atoms in total. The molecule has 0 aromatic carbocycles. The zero-order chi connectivity index (χ0) is 14.6. The summed E-state index contributed by atoms with van der Waals surface area (Å²) in [5.74, 6) is 0. The van der Waals surface area contributed by atoms with Gasteiger partial charge in [-0.05, 0) is 38.4 Å². The summed E-state index contributed by atoms with van der Waals surface area (Å²) >= 11 is 2.08. The monoisotopic (exact) mass is 299 g/mol. The van der Waals surface area contributed by atoms with Crippen molar-refractivity contribution in [2.45, 2.75) is 108 Å². The Balaban J connectivity index is 2.32. The minimum Gasteiger partial charge on any atom is -0.311 e. The van der Waals surface area contributed by atoms with Gasteiger partial charge in [-0.3, -0.25) is 0 Å². The highest BCUT2D eigenvalue weighted by molar-refractivity contribution is 7.99. The van der Waals surface area contributed by atoms with Crippen LogP contribution in [0.4, 0.5) is 0 Å². The van der Waals surface area contributed by atoms with E-state index in [1.54, 1.807) is 0 Å². The molecule has 0 heterocycles. The maximum Gasteiger partial charge on any atom is 0.00801 e. The first-order valence-corrected chi connectivity index (χ1v) is 10.4. The Labute approximate surface area is 132 Å². The van der Waals surface area contributed by atoms with Gasteiger partial charge in [-0.2, -0.15) is 11.8 Å². The molecule has 2 heteroatoms. The summed E-state index contributed by atoms with van der Waals surface area (Å²) in [5.41, 5.74) is 0. The first-order chi connectivity index (χ1) is 9.80. The third kappa shape index (κ3) is 7.93. The van der Waals surface area contributed by atoms with Gasteiger partial charge in [0, 0.05) is 17.3 Å². The average Bonchev–Trinajstić information content (AvgIpc) is 2.47. The van der Waals surface area contributed by atoms with Gasteiger partial charge in [-0.15, -0.1) is 0 Å². The number of hydrogen-bond donors (Lipinski definition) is 1. The van der Waals surface area contributed by atoms with Crippen molar-refractivity contribution >= 4 is 11.8 Å². The molecule has 0 aromatic heterocycles. The molecule has 2 unspecified atom stereocenters. The minimum absolute atomic E-state index is 0.790. The third-order valence-corrected chi connectivity index (χ3v) is 5.84. The molecule has 1 fully saturated rings. The molecule has 120 valence electrons. The van der Waals surface area contributed by atoms with Crippen LogP contribution in [0.3, 0.4) is 0 Å². The highest BCUT2D eigenvalue weighted by atomic mass is 32.2. The van der Waals surface area contributed by atoms with Gasteiger partial charge in [-0.1, -0.05) is 58.8 Å². The number of rotatable bonds is 11. The summed E-state index contributed by atoms with van der Waals surface area (Å²) < 4.78 is 0. The normalized spacial score (nSPS) is 23.4. The van der Waals surface area contributed by atoms with Crippen molar-refractivity contribution in [2.24, 2.45) is 0 Å². The number of unbranched alkanes of at least 4 members (excludes halogenated alkanes) is 4. The second-order valence-electron chi connectivity index (χ2n) is 6.58. The Bertz CT molecular complexity index is 209. The van der Waals surface area contributed by atoms with Gasteiger partial charge in [0.25, 0.3) is 0 Å². The van der Waals surface area contributed by atoms with Crippen LogP contribution in [-0.4, -0.2) is 23.6 Å². The van der Waals surface area contributed by atoms with Crippen LogP contribution in [0, 0.1) is 0 Å². The molecule has 0 aromatic rings. The highest BCUT2D eigenvalue weighted by Crippen LogP contribution is 2.27. The van der Waals surface area contributed by atoms with E-state index < -0.39 is 0 Å². The van der Waals surface area contributed by atoms with Crippen LogP contribution in [0.25, 0.3) is 0 Å². The first-order valence-electron chi connectivity index (χ1n) is 9.09. The van der Waals surface area contributed by atoms with Crippen molar-refractivity contribution in [1.82, 2.24) is 5.32 Å². The second kappa shape index (κ2) is 11.9. The molecule has 0 spiro atoms. The van der Waals surface area contributed by atoms with E-state index in [9.17, 15) is 0 Å². The second-order valence-corrected chi connectivity index (χ2v) is 7.71. The van der Waals surface area contributed by atoms with Gasteiger partial charge in [-0.25, -0.2) is 0 Å². The molecular weight excluding hydrogens is 262 g/mol. The molecule has 0 saturated heterocycles. The lowest BCUT2D eigenvalue weighted by atomic mass is 9.92. The van der Waals surface area contributed by atoms with Crippen molar-refractivity contribution in [3.63, 3.8) is 0 Å². The van der Waals surface area contributed by atoms with Gasteiger partial charge in [0.2, 0.25) is 0 Å². The molecular formula is C18H37NS. The van der Waals surface area contributed by atoms with Crippen molar-refractivity contribution in [3.8, 4) is 0 Å². The molecule has 1 N–H and O–H groups in total. The first kappa shape index (κ1) is 18.4. The minimum atomic E-state index is 0.790. The van der Waals surface area contributed by atoms with Crippen LogP contribution in [-0.2, 0) is 0 Å². The highest BCUT2D eigenvalue weighted by Gasteiger charge is 2.23. The largest absolute Gasteiger partial charge is 0.311 e. The van der Waals surface area contributed by atoms with Crippen molar-refractivity contribution in [3.05, 3.63) is 0 Å². The Kier molecular flexibility index (Phi) is 10.9. The average molecular weight is 300 g/mol. The number of hydrogen-bond acceptors (Lipinski definition) is 2. The summed E-state index contributed by atoms with van der Waals surface area (Å²) in [6, 6.07) is 1.59. The van der Waals surface area contributed by atoms with Gasteiger partial charge in [0.15, 0.2) is 0 Å². The molecule has 0 aliphatic heterocycles. The van der Waals surface area contributed by atoms with Crippen LogP contribution < -0.4 is 5.32 Å². The topological polar surface area (TPSA) is 12.0 Å². The van der Waals surface area contributed by atoms with E-state index in [1.807, 2.05) is 0 Å². The molecule has 0 radical (unpaired) electrons. The van der Waals surface area contributed by atoms with Crippen molar-refractivity contribution in [2.75, 3.05) is 6.26 Å². The lowest BCUT2D eigenvalue weighted by Gasteiger charge is -2.32. The Morgan fingerprint density at radius 2 is 1.65 bits per heavy atom. The fraction of sp³-hybridized carbons (Fsp3) is 1.00. The Morgan fingerprint density at radius 1 is 1.00 bits per heavy atom. The maximum atomic E-state index is 4.02. The van der Waals surface area contributed by atoms with Crippen LogP contribution in [0.5, 0.6) is 0 Å². The fourth-order valence-electron chi connectivity index (χ4n) is 3.44. The standard InChI is InChI=1S/C18H37NS/c1-4-6-8-11-16(12-9-7-5-2)19-17-13-10-14-18(15-17)20-3/h16-19H,4-15H2,1-3H3. The quantitative estimate of drug-likeness (QED) is 0.485. The molecule has 1 aliphatic carbocycles. The predicted molar refractivity (Wildman–Crippen MR) is 94.8 cm³/mol. The van der Waals surface area contributed by atoms with Gasteiger partial charge in [0.1, 0.15) is 0 Å². The van der Waals surface area contributed by atoms with Crippen LogP contribution in [0.15, 0.2) is 0 Å².